The molecule has 1 saturated carbocycles. The molecule has 0 spiro atoms. The smallest absolute Gasteiger partial charge is 0.241 e. The summed E-state index contributed by atoms with van der Waals surface area (Å²) < 4.78 is 11.3. The monoisotopic (exact) mass is 429 g/mol. The fourth-order valence-electron chi connectivity index (χ4n) is 4.30. The van der Waals surface area contributed by atoms with E-state index in [2.05, 4.69) is 0 Å². The van der Waals surface area contributed by atoms with Crippen LogP contribution in [0.2, 0.25) is 0 Å². The van der Waals surface area contributed by atoms with Crippen LogP contribution in [0.5, 0.6) is 11.5 Å². The highest BCUT2D eigenvalue weighted by Crippen LogP contribution is 2.36. The van der Waals surface area contributed by atoms with Gasteiger partial charge in [0.15, 0.2) is 11.5 Å². The summed E-state index contributed by atoms with van der Waals surface area (Å²) in [4.78, 5) is 30.3. The Bertz CT molecular complexity index is 909. The summed E-state index contributed by atoms with van der Waals surface area (Å²) in [5.74, 6) is 0.888. The number of amides is 2. The summed E-state index contributed by atoms with van der Waals surface area (Å²) in [6.07, 6.45) is 3.28. The Labute approximate surface area is 180 Å². The second-order valence-corrected chi connectivity index (χ2v) is 8.88. The average Bonchev–Trinajstić information content (AvgIpc) is 3.44. The Morgan fingerprint density at radius 3 is 2.53 bits per heavy atom. The lowest BCUT2D eigenvalue weighted by Gasteiger charge is -2.36. The first kappa shape index (κ1) is 20.7. The number of fused-ring (bicyclic) bond motifs is 1. The molecule has 0 unspecified atom stereocenters. The zero-order valence-electron chi connectivity index (χ0n) is 17.1. The molecule has 1 fully saturated rings. The van der Waals surface area contributed by atoms with Crippen LogP contribution in [0.3, 0.4) is 0 Å². The van der Waals surface area contributed by atoms with Gasteiger partial charge in [-0.05, 0) is 43.5 Å². The number of likely N-dealkylation sites (N-methyl/N-ethyl adjacent to an activating group) is 1. The van der Waals surface area contributed by atoms with E-state index in [0.29, 0.717) is 44.1 Å². The van der Waals surface area contributed by atoms with Gasteiger partial charge in [-0.25, -0.2) is 0 Å². The minimum Gasteiger partial charge on any atom is -0.486 e. The quantitative estimate of drug-likeness (QED) is 0.732. The van der Waals surface area contributed by atoms with Crippen LogP contribution in [0.4, 0.5) is 5.69 Å². The number of benzene rings is 1. The Morgan fingerprint density at radius 1 is 1.13 bits per heavy atom. The van der Waals surface area contributed by atoms with Crippen LogP contribution in [-0.4, -0.2) is 49.1 Å². The van der Waals surface area contributed by atoms with Crippen LogP contribution < -0.4 is 20.1 Å². The van der Waals surface area contributed by atoms with Crippen LogP contribution in [0.25, 0.3) is 0 Å². The fourth-order valence-corrected chi connectivity index (χ4v) is 4.99. The van der Waals surface area contributed by atoms with Crippen LogP contribution in [0.1, 0.15) is 30.6 Å². The van der Waals surface area contributed by atoms with E-state index in [0.717, 1.165) is 23.4 Å². The van der Waals surface area contributed by atoms with Crippen molar-refractivity contribution in [3.63, 3.8) is 0 Å². The van der Waals surface area contributed by atoms with Gasteiger partial charge in [-0.2, -0.15) is 0 Å². The SMILES string of the molecule is CN(CC(=O)N(Cc1cccs1)c1ccc2c(c1)OCCO2)C1(C(N)=O)CCCC1. The first-order valence-corrected chi connectivity index (χ1v) is 11.1. The van der Waals surface area contributed by atoms with Crippen molar-refractivity contribution in [2.45, 2.75) is 37.8 Å². The van der Waals surface area contributed by atoms with Crippen molar-refractivity contribution < 1.29 is 19.1 Å². The third-order valence-corrected chi connectivity index (χ3v) is 6.89. The number of carbonyl (C=O) groups is 2. The number of thiophene rings is 1. The predicted octanol–water partition coefficient (Wildman–Crippen LogP) is 2.78. The standard InChI is InChI=1S/C22H27N3O4S/c1-24(22(21(23)27)8-2-3-9-22)15-20(26)25(14-17-5-4-12-30-17)16-6-7-18-19(13-16)29-11-10-28-18/h4-7,12-13H,2-3,8-11,14-15H2,1H3,(H2,23,27). The van der Waals surface area contributed by atoms with Gasteiger partial charge in [-0.3, -0.25) is 14.5 Å². The number of hydrogen-bond donors (Lipinski definition) is 1. The molecule has 0 radical (unpaired) electrons. The zero-order chi connectivity index (χ0) is 21.1. The van der Waals surface area contributed by atoms with Gasteiger partial charge in [0, 0.05) is 16.6 Å². The molecule has 2 heterocycles. The molecule has 2 amide bonds. The first-order valence-electron chi connectivity index (χ1n) is 10.2. The third-order valence-electron chi connectivity index (χ3n) is 6.03. The number of nitrogens with zero attached hydrogens (tertiary/aromatic N) is 2. The lowest BCUT2D eigenvalue weighted by atomic mass is 9.94. The molecule has 0 atom stereocenters. The maximum Gasteiger partial charge on any atom is 0.241 e. The lowest BCUT2D eigenvalue weighted by molar-refractivity contribution is -0.131. The molecule has 30 heavy (non-hydrogen) atoms. The van der Waals surface area contributed by atoms with Crippen LogP contribution in [0.15, 0.2) is 35.7 Å². The fraction of sp³-hybridized carbons (Fsp3) is 0.455. The molecule has 2 N–H and O–H groups in total. The maximum absolute atomic E-state index is 13.4. The molecule has 0 bridgehead atoms. The maximum atomic E-state index is 13.4. The molecule has 0 saturated heterocycles. The Morgan fingerprint density at radius 2 is 1.87 bits per heavy atom. The van der Waals surface area contributed by atoms with Crippen molar-refractivity contribution in [1.29, 1.82) is 0 Å². The van der Waals surface area contributed by atoms with E-state index >= 15 is 0 Å². The number of nitrogens with two attached hydrogens (primary N) is 1. The molecule has 2 aromatic rings. The Balaban J connectivity index is 1.59. The second kappa shape index (κ2) is 8.65. The van der Waals surface area contributed by atoms with Gasteiger partial charge < -0.3 is 20.1 Å². The van der Waals surface area contributed by atoms with Crippen LogP contribution >= 0.6 is 11.3 Å². The van der Waals surface area contributed by atoms with E-state index in [1.807, 2.05) is 47.7 Å². The van der Waals surface area contributed by atoms with E-state index < -0.39 is 5.54 Å². The molecule has 160 valence electrons. The number of hydrogen-bond acceptors (Lipinski definition) is 6. The summed E-state index contributed by atoms with van der Waals surface area (Å²) in [5.41, 5.74) is 5.75. The molecule has 7 nitrogen and oxygen atoms in total. The van der Waals surface area contributed by atoms with E-state index in [1.54, 1.807) is 16.2 Å². The van der Waals surface area contributed by atoms with Gasteiger partial charge in [0.25, 0.3) is 0 Å². The number of rotatable bonds is 7. The van der Waals surface area contributed by atoms with Crippen molar-refractivity contribution >= 4 is 28.8 Å². The molecule has 2 aliphatic rings. The third kappa shape index (κ3) is 4.02. The summed E-state index contributed by atoms with van der Waals surface area (Å²) >= 11 is 1.60. The van der Waals surface area contributed by atoms with E-state index in [9.17, 15) is 9.59 Å². The Kier molecular flexibility index (Phi) is 5.97. The van der Waals surface area contributed by atoms with E-state index in [1.165, 1.54) is 0 Å². The van der Waals surface area contributed by atoms with Crippen molar-refractivity contribution in [2.75, 3.05) is 31.7 Å². The number of anilines is 1. The highest BCUT2D eigenvalue weighted by atomic mass is 32.1. The van der Waals surface area contributed by atoms with Gasteiger partial charge >= 0.3 is 0 Å². The highest BCUT2D eigenvalue weighted by Gasteiger charge is 2.44. The molecule has 1 aromatic carbocycles. The minimum atomic E-state index is -0.739. The number of ether oxygens (including phenoxy) is 2. The van der Waals surface area contributed by atoms with Gasteiger partial charge in [0.1, 0.15) is 18.8 Å². The number of primary amides is 1. The van der Waals surface area contributed by atoms with Gasteiger partial charge in [0.05, 0.1) is 13.1 Å². The summed E-state index contributed by atoms with van der Waals surface area (Å²) in [5, 5.41) is 1.99. The summed E-state index contributed by atoms with van der Waals surface area (Å²) in [6, 6.07) is 9.54. The van der Waals surface area contributed by atoms with Crippen molar-refractivity contribution in [3.05, 3.63) is 40.6 Å². The first-order chi connectivity index (χ1) is 14.5. The highest BCUT2D eigenvalue weighted by molar-refractivity contribution is 7.09. The molecule has 1 aliphatic heterocycles. The lowest BCUT2D eigenvalue weighted by Crippen LogP contribution is -2.56. The summed E-state index contributed by atoms with van der Waals surface area (Å²) in [6.45, 7) is 1.57. The minimum absolute atomic E-state index is 0.0879. The van der Waals surface area contributed by atoms with Gasteiger partial charge in [-0.15, -0.1) is 11.3 Å². The molecular weight excluding hydrogens is 402 g/mol. The molecule has 1 aromatic heterocycles. The van der Waals surface area contributed by atoms with Gasteiger partial charge in [0.2, 0.25) is 11.8 Å². The van der Waals surface area contributed by atoms with Crippen LogP contribution in [0, 0.1) is 0 Å². The number of carbonyl (C=O) groups excluding carboxylic acids is 2. The van der Waals surface area contributed by atoms with Gasteiger partial charge in [-0.1, -0.05) is 18.9 Å². The zero-order valence-corrected chi connectivity index (χ0v) is 18.0. The van der Waals surface area contributed by atoms with Crippen LogP contribution in [-0.2, 0) is 16.1 Å². The molecule has 8 heteroatoms. The van der Waals surface area contributed by atoms with Crippen molar-refractivity contribution in [1.82, 2.24) is 4.90 Å². The second-order valence-electron chi connectivity index (χ2n) is 7.85. The van der Waals surface area contributed by atoms with Crippen molar-refractivity contribution in [2.24, 2.45) is 5.73 Å². The van der Waals surface area contributed by atoms with E-state index in [4.69, 9.17) is 15.2 Å². The molecule has 4 rings (SSSR count). The molecular formula is C22H27N3O4S. The Hall–Kier alpha value is -2.58. The van der Waals surface area contributed by atoms with Crippen molar-refractivity contribution in [3.8, 4) is 11.5 Å². The topological polar surface area (TPSA) is 85.1 Å². The molecule has 1 aliphatic carbocycles. The normalized spacial score (nSPS) is 17.1. The van der Waals surface area contributed by atoms with E-state index in [-0.39, 0.29) is 18.4 Å². The predicted molar refractivity (Wildman–Crippen MR) is 116 cm³/mol. The largest absolute Gasteiger partial charge is 0.486 e. The average molecular weight is 430 g/mol. The summed E-state index contributed by atoms with van der Waals surface area (Å²) in [7, 11) is 1.82.